The van der Waals surface area contributed by atoms with Gasteiger partial charge in [-0.25, -0.2) is 9.97 Å². The van der Waals surface area contributed by atoms with E-state index in [1.165, 1.54) is 69.0 Å². The van der Waals surface area contributed by atoms with Crippen LogP contribution in [0.2, 0.25) is 0 Å². The van der Waals surface area contributed by atoms with Gasteiger partial charge in [0.1, 0.15) is 12.1 Å². The van der Waals surface area contributed by atoms with Crippen LogP contribution in [0.3, 0.4) is 0 Å². The minimum Gasteiger partial charge on any atom is -0.367 e. The summed E-state index contributed by atoms with van der Waals surface area (Å²) in [5.41, 5.74) is 2.70. The molecule has 116 valence electrons. The van der Waals surface area contributed by atoms with Gasteiger partial charge in [-0.3, -0.25) is 0 Å². The van der Waals surface area contributed by atoms with E-state index in [9.17, 15) is 0 Å². The van der Waals surface area contributed by atoms with E-state index in [0.717, 1.165) is 24.6 Å². The van der Waals surface area contributed by atoms with Gasteiger partial charge < -0.3 is 5.32 Å². The third-order valence-electron chi connectivity index (χ3n) is 5.26. The van der Waals surface area contributed by atoms with Crippen molar-refractivity contribution in [1.29, 1.82) is 0 Å². The number of fused-ring (bicyclic) bond motifs is 1. The van der Waals surface area contributed by atoms with Gasteiger partial charge in [0.25, 0.3) is 0 Å². The molecule has 1 N–H and O–H groups in total. The second kappa shape index (κ2) is 7.24. The van der Waals surface area contributed by atoms with E-state index >= 15 is 0 Å². The minimum absolute atomic E-state index is 0.625. The Morgan fingerprint density at radius 1 is 1.05 bits per heavy atom. The number of anilines is 1. The van der Waals surface area contributed by atoms with Crippen LogP contribution in [0.5, 0.6) is 0 Å². The molecule has 0 aliphatic heterocycles. The SMILES string of the molecule is CCCC1CCC(Nc2ncnc3c2CCCCC3)CC1. The molecule has 3 nitrogen and oxygen atoms in total. The van der Waals surface area contributed by atoms with Crippen molar-refractivity contribution in [1.82, 2.24) is 9.97 Å². The minimum atomic E-state index is 0.625. The highest BCUT2D eigenvalue weighted by molar-refractivity contribution is 5.47. The molecule has 1 heterocycles. The Balaban J connectivity index is 1.63. The summed E-state index contributed by atoms with van der Waals surface area (Å²) in [7, 11) is 0. The number of hydrogen-bond acceptors (Lipinski definition) is 3. The van der Waals surface area contributed by atoms with Gasteiger partial charge in [-0.15, -0.1) is 0 Å². The van der Waals surface area contributed by atoms with E-state index < -0.39 is 0 Å². The summed E-state index contributed by atoms with van der Waals surface area (Å²) in [5.74, 6) is 2.11. The van der Waals surface area contributed by atoms with Crippen molar-refractivity contribution >= 4 is 5.82 Å². The number of aromatic nitrogens is 2. The van der Waals surface area contributed by atoms with Crippen LogP contribution >= 0.6 is 0 Å². The fourth-order valence-corrected chi connectivity index (χ4v) is 4.02. The van der Waals surface area contributed by atoms with Crippen molar-refractivity contribution in [3.05, 3.63) is 17.6 Å². The fraction of sp³-hybridized carbons (Fsp3) is 0.778. The van der Waals surface area contributed by atoms with Crippen LogP contribution in [0.25, 0.3) is 0 Å². The van der Waals surface area contributed by atoms with Gasteiger partial charge in [-0.2, -0.15) is 0 Å². The molecule has 0 spiro atoms. The lowest BCUT2D eigenvalue weighted by Gasteiger charge is -2.30. The number of aryl methyl sites for hydroxylation is 1. The van der Waals surface area contributed by atoms with Crippen molar-refractivity contribution in [2.45, 2.75) is 83.6 Å². The average Bonchev–Trinajstić information content (AvgIpc) is 2.76. The first-order valence-electron chi connectivity index (χ1n) is 8.96. The van der Waals surface area contributed by atoms with Crippen molar-refractivity contribution in [3.63, 3.8) is 0 Å². The van der Waals surface area contributed by atoms with Gasteiger partial charge in [-0.1, -0.05) is 26.2 Å². The van der Waals surface area contributed by atoms with Crippen molar-refractivity contribution in [2.24, 2.45) is 5.92 Å². The summed E-state index contributed by atoms with van der Waals surface area (Å²) in [6.07, 6.45) is 16.1. The van der Waals surface area contributed by atoms with Crippen molar-refractivity contribution < 1.29 is 0 Å². The van der Waals surface area contributed by atoms with E-state index in [1.54, 1.807) is 6.33 Å². The monoisotopic (exact) mass is 287 g/mol. The third kappa shape index (κ3) is 3.75. The molecule has 0 saturated heterocycles. The predicted molar refractivity (Wildman–Crippen MR) is 87.6 cm³/mol. The summed E-state index contributed by atoms with van der Waals surface area (Å²) in [4.78, 5) is 9.08. The Bertz CT molecular complexity index is 450. The maximum atomic E-state index is 4.56. The standard InChI is InChI=1S/C18H29N3/c1-2-6-14-9-11-15(12-10-14)21-18-16-7-4-3-5-8-17(16)19-13-20-18/h13-15H,2-12H2,1H3,(H,19,20,21). The molecule has 3 heteroatoms. The second-order valence-corrected chi connectivity index (χ2v) is 6.86. The van der Waals surface area contributed by atoms with Crippen LogP contribution in [0.15, 0.2) is 6.33 Å². The Morgan fingerprint density at radius 3 is 2.67 bits per heavy atom. The van der Waals surface area contributed by atoms with Gasteiger partial charge in [-0.05, 0) is 57.3 Å². The Kier molecular flexibility index (Phi) is 5.10. The first-order valence-corrected chi connectivity index (χ1v) is 8.96. The molecule has 1 aromatic heterocycles. The lowest BCUT2D eigenvalue weighted by atomic mass is 9.83. The quantitative estimate of drug-likeness (QED) is 0.828. The summed E-state index contributed by atoms with van der Waals surface area (Å²) >= 11 is 0. The second-order valence-electron chi connectivity index (χ2n) is 6.86. The fourth-order valence-electron chi connectivity index (χ4n) is 4.02. The normalized spacial score (nSPS) is 26.0. The molecular formula is C18H29N3. The van der Waals surface area contributed by atoms with E-state index in [0.29, 0.717) is 6.04 Å². The molecule has 0 bridgehead atoms. The summed E-state index contributed by atoms with van der Waals surface area (Å²) < 4.78 is 0. The van der Waals surface area contributed by atoms with Gasteiger partial charge >= 0.3 is 0 Å². The van der Waals surface area contributed by atoms with E-state index in [4.69, 9.17) is 0 Å². The zero-order valence-corrected chi connectivity index (χ0v) is 13.4. The van der Waals surface area contributed by atoms with E-state index in [-0.39, 0.29) is 0 Å². The van der Waals surface area contributed by atoms with Gasteiger partial charge in [0.05, 0.1) is 0 Å². The van der Waals surface area contributed by atoms with E-state index in [2.05, 4.69) is 22.2 Å². The van der Waals surface area contributed by atoms with Crippen molar-refractivity contribution in [2.75, 3.05) is 5.32 Å². The number of rotatable bonds is 4. The lowest BCUT2D eigenvalue weighted by molar-refractivity contribution is 0.318. The first kappa shape index (κ1) is 14.8. The van der Waals surface area contributed by atoms with Gasteiger partial charge in [0, 0.05) is 17.3 Å². The zero-order chi connectivity index (χ0) is 14.5. The molecule has 3 rings (SSSR count). The molecule has 0 radical (unpaired) electrons. The van der Waals surface area contributed by atoms with Crippen LogP contribution < -0.4 is 5.32 Å². The maximum Gasteiger partial charge on any atom is 0.133 e. The number of nitrogens with zero attached hydrogens (tertiary/aromatic N) is 2. The summed E-state index contributed by atoms with van der Waals surface area (Å²) in [6.45, 7) is 2.31. The highest BCUT2D eigenvalue weighted by Gasteiger charge is 2.22. The summed E-state index contributed by atoms with van der Waals surface area (Å²) in [6, 6.07) is 0.625. The Labute approximate surface area is 129 Å². The zero-order valence-electron chi connectivity index (χ0n) is 13.4. The van der Waals surface area contributed by atoms with Crippen LogP contribution in [0.4, 0.5) is 5.82 Å². The van der Waals surface area contributed by atoms with Gasteiger partial charge in [0.2, 0.25) is 0 Å². The molecule has 21 heavy (non-hydrogen) atoms. The molecule has 0 unspecified atom stereocenters. The Hall–Kier alpha value is -1.12. The third-order valence-corrected chi connectivity index (χ3v) is 5.26. The molecule has 0 aromatic carbocycles. The van der Waals surface area contributed by atoms with Crippen LogP contribution in [-0.2, 0) is 12.8 Å². The largest absolute Gasteiger partial charge is 0.367 e. The topological polar surface area (TPSA) is 37.8 Å². The molecular weight excluding hydrogens is 258 g/mol. The molecule has 0 atom stereocenters. The number of hydrogen-bond donors (Lipinski definition) is 1. The molecule has 2 aliphatic carbocycles. The Morgan fingerprint density at radius 2 is 1.86 bits per heavy atom. The molecule has 1 fully saturated rings. The molecule has 1 aromatic rings. The maximum absolute atomic E-state index is 4.56. The van der Waals surface area contributed by atoms with Crippen molar-refractivity contribution in [3.8, 4) is 0 Å². The number of nitrogens with one attached hydrogen (secondary N) is 1. The predicted octanol–water partition coefficient (Wildman–Crippen LogP) is 4.52. The molecule has 2 aliphatic rings. The lowest BCUT2D eigenvalue weighted by Crippen LogP contribution is -2.27. The van der Waals surface area contributed by atoms with E-state index in [1.807, 2.05) is 0 Å². The summed E-state index contributed by atoms with van der Waals surface area (Å²) in [5, 5.41) is 3.75. The molecule has 1 saturated carbocycles. The highest BCUT2D eigenvalue weighted by atomic mass is 15.0. The molecule has 0 amide bonds. The van der Waals surface area contributed by atoms with Crippen LogP contribution in [-0.4, -0.2) is 16.0 Å². The first-order chi connectivity index (χ1) is 10.4. The van der Waals surface area contributed by atoms with Gasteiger partial charge in [0.15, 0.2) is 0 Å². The average molecular weight is 287 g/mol. The smallest absolute Gasteiger partial charge is 0.133 e. The highest BCUT2D eigenvalue weighted by Crippen LogP contribution is 2.31. The van der Waals surface area contributed by atoms with Crippen LogP contribution in [0.1, 0.15) is 76.0 Å². The van der Waals surface area contributed by atoms with Crippen LogP contribution in [0, 0.1) is 5.92 Å².